The number of anilines is 1. The van der Waals surface area contributed by atoms with Crippen LogP contribution >= 0.6 is 0 Å². The zero-order valence-corrected chi connectivity index (χ0v) is 19.6. The van der Waals surface area contributed by atoms with Gasteiger partial charge in [0, 0.05) is 18.0 Å². The molecule has 2 atom stereocenters. The molecule has 0 saturated carbocycles. The highest BCUT2D eigenvalue weighted by Gasteiger charge is 2.55. The number of carbonyl (C=O) groups excluding carboxylic acids is 1. The number of hydrogen-bond donors (Lipinski definition) is 2. The highest BCUT2D eigenvalue weighted by molar-refractivity contribution is 5.85. The third-order valence-electron chi connectivity index (χ3n) is 8.14. The molecule has 34 heavy (non-hydrogen) atoms. The van der Waals surface area contributed by atoms with E-state index < -0.39 is 17.6 Å². The molecule has 0 bridgehead atoms. The quantitative estimate of drug-likeness (QED) is 0.683. The number of nitrogens with one attached hydrogen (secondary N) is 2. The lowest BCUT2D eigenvalue weighted by molar-refractivity contribution is -0.191. The smallest absolute Gasteiger partial charge is 0.380 e. The number of aromatic nitrogens is 1. The van der Waals surface area contributed by atoms with E-state index in [2.05, 4.69) is 41.6 Å². The summed E-state index contributed by atoms with van der Waals surface area (Å²) in [5.41, 5.74) is 2.33. The molecule has 2 fully saturated rings. The van der Waals surface area contributed by atoms with Gasteiger partial charge in [0.05, 0.1) is 23.0 Å². The van der Waals surface area contributed by atoms with E-state index in [1.54, 1.807) is 6.07 Å². The minimum absolute atomic E-state index is 0.107. The predicted molar refractivity (Wildman–Crippen MR) is 124 cm³/mol. The normalized spacial score (nSPS) is 24.3. The van der Waals surface area contributed by atoms with E-state index in [4.69, 9.17) is 0 Å². The Labute approximate surface area is 198 Å². The monoisotopic (exact) mass is 472 g/mol. The fourth-order valence-corrected chi connectivity index (χ4v) is 6.04. The van der Waals surface area contributed by atoms with Gasteiger partial charge in [0.15, 0.2) is 6.04 Å². The van der Waals surface area contributed by atoms with Crippen molar-refractivity contribution in [3.05, 3.63) is 59.4 Å². The number of pyridine rings is 1. The van der Waals surface area contributed by atoms with Gasteiger partial charge in [-0.3, -0.25) is 9.78 Å². The zero-order chi connectivity index (χ0) is 24.1. The second-order valence-corrected chi connectivity index (χ2v) is 10.5. The largest absolute Gasteiger partial charge is 0.414 e. The topological polar surface area (TPSA) is 57.3 Å². The summed E-state index contributed by atoms with van der Waals surface area (Å²) >= 11 is 0. The summed E-state index contributed by atoms with van der Waals surface area (Å²) in [4.78, 5) is 18.4. The summed E-state index contributed by atoms with van der Waals surface area (Å²) in [5.74, 6) is -0.384. The molecular weight excluding hydrogens is 441 g/mol. The average Bonchev–Trinajstić information content (AvgIpc) is 3.23. The van der Waals surface area contributed by atoms with Gasteiger partial charge in [-0.25, -0.2) is 0 Å². The number of carbonyl (C=O) groups is 1. The minimum Gasteiger partial charge on any atom is -0.380 e. The second-order valence-electron chi connectivity index (χ2n) is 10.5. The summed E-state index contributed by atoms with van der Waals surface area (Å²) in [6.07, 6.45) is -0.642. The van der Waals surface area contributed by atoms with Gasteiger partial charge in [-0.1, -0.05) is 38.1 Å². The lowest BCUT2D eigenvalue weighted by Gasteiger charge is -2.35. The predicted octanol–water partition coefficient (Wildman–Crippen LogP) is 4.60. The molecule has 2 saturated heterocycles. The van der Waals surface area contributed by atoms with E-state index in [1.165, 1.54) is 23.4 Å². The number of nitrogens with zero attached hydrogens (tertiary/aromatic N) is 2. The van der Waals surface area contributed by atoms with E-state index >= 15 is 0 Å². The van der Waals surface area contributed by atoms with Crippen LogP contribution in [0.25, 0.3) is 0 Å². The highest BCUT2D eigenvalue weighted by Crippen LogP contribution is 2.47. The van der Waals surface area contributed by atoms with E-state index in [-0.39, 0.29) is 29.6 Å². The van der Waals surface area contributed by atoms with Crippen molar-refractivity contribution < 1.29 is 18.0 Å². The van der Waals surface area contributed by atoms with Gasteiger partial charge in [-0.2, -0.15) is 13.2 Å². The Balaban J connectivity index is 1.35. The van der Waals surface area contributed by atoms with Crippen molar-refractivity contribution in [2.45, 2.75) is 63.2 Å². The SMILES string of the molecule is CC1(C)c2ccccc2C[C@@H]1Nc1ccc([C@@H](N2CCC3(CCNCC3)C2=O)C(F)(F)F)nc1. The van der Waals surface area contributed by atoms with Gasteiger partial charge in [-0.15, -0.1) is 0 Å². The Morgan fingerprint density at radius 1 is 1.12 bits per heavy atom. The van der Waals surface area contributed by atoms with Gasteiger partial charge in [0.2, 0.25) is 5.91 Å². The van der Waals surface area contributed by atoms with E-state index in [0.29, 0.717) is 38.0 Å². The van der Waals surface area contributed by atoms with Crippen LogP contribution in [0.15, 0.2) is 42.6 Å². The number of amides is 1. The van der Waals surface area contributed by atoms with Crippen LogP contribution in [0.5, 0.6) is 0 Å². The second kappa shape index (κ2) is 8.26. The van der Waals surface area contributed by atoms with Gasteiger partial charge in [-0.05, 0) is 62.0 Å². The third-order valence-corrected chi connectivity index (χ3v) is 8.14. The number of likely N-dealkylation sites (tertiary alicyclic amines) is 1. The van der Waals surface area contributed by atoms with Gasteiger partial charge < -0.3 is 15.5 Å². The lowest BCUT2D eigenvalue weighted by Crippen LogP contribution is -2.46. The number of hydrogen-bond acceptors (Lipinski definition) is 4. The van der Waals surface area contributed by atoms with E-state index in [9.17, 15) is 18.0 Å². The van der Waals surface area contributed by atoms with Crippen LogP contribution in [0.2, 0.25) is 0 Å². The molecule has 1 spiro atoms. The molecule has 1 aromatic heterocycles. The van der Waals surface area contributed by atoms with Crippen LogP contribution in [-0.2, 0) is 16.6 Å². The van der Waals surface area contributed by atoms with Crippen molar-refractivity contribution in [1.29, 1.82) is 0 Å². The van der Waals surface area contributed by atoms with Crippen LogP contribution in [-0.4, -0.2) is 47.6 Å². The molecule has 2 aliphatic heterocycles. The summed E-state index contributed by atoms with van der Waals surface area (Å²) in [6, 6.07) is 9.47. The lowest BCUT2D eigenvalue weighted by atomic mass is 9.77. The number of fused-ring (bicyclic) bond motifs is 1. The molecule has 2 aromatic rings. The summed E-state index contributed by atoms with van der Waals surface area (Å²) < 4.78 is 42.6. The average molecular weight is 473 g/mol. The third kappa shape index (κ3) is 3.85. The first-order valence-electron chi connectivity index (χ1n) is 12.0. The van der Waals surface area contributed by atoms with Crippen molar-refractivity contribution in [2.75, 3.05) is 25.0 Å². The molecule has 5 rings (SSSR count). The number of benzene rings is 1. The Bertz CT molecular complexity index is 1060. The molecule has 5 nitrogen and oxygen atoms in total. The van der Waals surface area contributed by atoms with Crippen molar-refractivity contribution in [3.63, 3.8) is 0 Å². The fraction of sp³-hybridized carbons (Fsp3) is 0.538. The van der Waals surface area contributed by atoms with Crippen LogP contribution < -0.4 is 10.6 Å². The first-order valence-corrected chi connectivity index (χ1v) is 12.0. The molecule has 1 aromatic carbocycles. The van der Waals surface area contributed by atoms with Crippen LogP contribution in [0, 0.1) is 5.41 Å². The Kier molecular flexibility index (Phi) is 5.62. The Hall–Kier alpha value is -2.61. The number of piperidine rings is 1. The molecular formula is C26H31F3N4O. The molecule has 182 valence electrons. The van der Waals surface area contributed by atoms with Crippen molar-refractivity contribution in [2.24, 2.45) is 5.41 Å². The zero-order valence-electron chi connectivity index (χ0n) is 19.6. The van der Waals surface area contributed by atoms with E-state index in [0.717, 1.165) is 11.3 Å². The molecule has 1 aliphatic carbocycles. The number of halogens is 3. The number of alkyl halides is 3. The summed E-state index contributed by atoms with van der Waals surface area (Å²) in [7, 11) is 0. The first kappa shape index (κ1) is 23.1. The Morgan fingerprint density at radius 2 is 1.85 bits per heavy atom. The Morgan fingerprint density at radius 3 is 2.50 bits per heavy atom. The first-order chi connectivity index (χ1) is 16.1. The van der Waals surface area contributed by atoms with Crippen molar-refractivity contribution in [1.82, 2.24) is 15.2 Å². The van der Waals surface area contributed by atoms with E-state index in [1.807, 2.05) is 12.1 Å². The van der Waals surface area contributed by atoms with Crippen LogP contribution in [0.3, 0.4) is 0 Å². The molecule has 2 N–H and O–H groups in total. The molecule has 3 heterocycles. The van der Waals surface area contributed by atoms with Gasteiger partial charge in [0.25, 0.3) is 0 Å². The summed E-state index contributed by atoms with van der Waals surface area (Å²) in [6.45, 7) is 5.78. The minimum atomic E-state index is -4.59. The van der Waals surface area contributed by atoms with Gasteiger partial charge >= 0.3 is 6.18 Å². The molecule has 3 aliphatic rings. The van der Waals surface area contributed by atoms with Crippen LogP contribution in [0.4, 0.5) is 18.9 Å². The van der Waals surface area contributed by atoms with Crippen molar-refractivity contribution in [3.8, 4) is 0 Å². The molecule has 0 radical (unpaired) electrons. The standard InChI is InChI=1S/C26H31F3N4O/c1-24(2)19-6-4-3-5-17(19)15-21(24)32-18-7-8-20(31-16-18)22(26(27,28)29)33-14-11-25(23(33)34)9-12-30-13-10-25/h3-8,16,21-22,30,32H,9-15H2,1-2H3/t21-,22+/m0/s1. The summed E-state index contributed by atoms with van der Waals surface area (Å²) in [5, 5.41) is 6.67. The molecule has 1 amide bonds. The van der Waals surface area contributed by atoms with Crippen molar-refractivity contribution >= 4 is 11.6 Å². The molecule has 0 unspecified atom stereocenters. The fourth-order valence-electron chi connectivity index (χ4n) is 6.04. The number of rotatable bonds is 4. The maximum atomic E-state index is 14.2. The molecule has 8 heteroatoms. The highest BCUT2D eigenvalue weighted by atomic mass is 19.4. The maximum Gasteiger partial charge on any atom is 0.414 e. The van der Waals surface area contributed by atoms with Crippen LogP contribution in [0.1, 0.15) is 56.0 Å². The maximum absolute atomic E-state index is 14.2. The van der Waals surface area contributed by atoms with Gasteiger partial charge in [0.1, 0.15) is 0 Å².